The first-order chi connectivity index (χ1) is 31.3. The summed E-state index contributed by atoms with van der Waals surface area (Å²) in [6, 6.07) is 96.5. The lowest BCUT2D eigenvalue weighted by Gasteiger charge is -2.36. The van der Waals surface area contributed by atoms with E-state index >= 15 is 0 Å². The molecule has 0 unspecified atom stereocenters. The highest BCUT2D eigenvalue weighted by atomic mass is 15.2. The zero-order valence-corrected chi connectivity index (χ0v) is 34.8. The summed E-state index contributed by atoms with van der Waals surface area (Å²) in [4.78, 5) is 2.59. The maximum Gasteiger partial charge on any atom is 0.0714 e. The van der Waals surface area contributed by atoms with Crippen molar-refractivity contribution in [3.8, 4) is 33.4 Å². The number of fused-ring (bicyclic) bond motifs is 6. The van der Waals surface area contributed by atoms with Gasteiger partial charge in [-0.3, -0.25) is 0 Å². The molecule has 0 bridgehead atoms. The Morgan fingerprint density at radius 2 is 0.524 bits per heavy atom. The van der Waals surface area contributed by atoms with Gasteiger partial charge >= 0.3 is 0 Å². The average Bonchev–Trinajstić information content (AvgIpc) is 3.85. The topological polar surface area (TPSA) is 3.24 Å². The van der Waals surface area contributed by atoms with Crippen molar-refractivity contribution in [3.05, 3.63) is 305 Å². The fourth-order valence-electron chi connectivity index (χ4n) is 11.2. The van der Waals surface area contributed by atoms with Crippen molar-refractivity contribution in [2.75, 3.05) is 4.90 Å². The number of hydrogen-bond acceptors (Lipinski definition) is 1. The Bertz CT molecular complexity index is 3000. The zero-order chi connectivity index (χ0) is 41.8. The van der Waals surface area contributed by atoms with Gasteiger partial charge in [0.2, 0.25) is 0 Å². The van der Waals surface area contributed by atoms with Crippen LogP contribution in [0.25, 0.3) is 33.4 Å². The van der Waals surface area contributed by atoms with Crippen LogP contribution in [-0.2, 0) is 10.8 Å². The van der Waals surface area contributed by atoms with Gasteiger partial charge in [0, 0.05) is 16.7 Å². The SMILES string of the molecule is c1ccc(-c2ccccc2N(c2cccc3c2-c2ccccc2C3(c2ccccc2)c2ccccc2)c2cccc3c2-c2ccccc2C3(c2ccccc2)c2ccccc2)cc1. The minimum absolute atomic E-state index is 0.546. The number of nitrogens with zero attached hydrogens (tertiary/aromatic N) is 1. The molecule has 0 amide bonds. The standard InChI is InChI=1S/C62H43N/c1-6-24-44(25-7-1)49-34-18-21-41-56(49)63(57-42-22-39-54-59(57)50-35-16-19-37-52(50)61(54,45-26-8-2-9-27-45)46-28-10-3-11-29-46)58-43-23-40-55-60(58)51-36-17-20-38-53(51)62(55,47-30-12-4-13-31-47)48-32-14-5-15-33-48/h1-43H. The Balaban J connectivity index is 1.23. The van der Waals surface area contributed by atoms with Gasteiger partial charge in [-0.15, -0.1) is 0 Å². The Hall–Kier alpha value is -8.00. The van der Waals surface area contributed by atoms with Crippen molar-refractivity contribution in [2.45, 2.75) is 10.8 Å². The monoisotopic (exact) mass is 801 g/mol. The predicted octanol–water partition coefficient (Wildman–Crippen LogP) is 15.5. The molecule has 0 aliphatic heterocycles. The van der Waals surface area contributed by atoms with Crippen molar-refractivity contribution in [2.24, 2.45) is 0 Å². The highest BCUT2D eigenvalue weighted by molar-refractivity contribution is 6.04. The molecule has 63 heavy (non-hydrogen) atoms. The first kappa shape index (κ1) is 36.8. The van der Waals surface area contributed by atoms with Crippen molar-refractivity contribution in [1.82, 2.24) is 0 Å². The molecule has 0 spiro atoms. The highest BCUT2D eigenvalue weighted by Crippen LogP contribution is 2.63. The maximum absolute atomic E-state index is 2.59. The van der Waals surface area contributed by atoms with Crippen LogP contribution >= 0.6 is 0 Å². The molecular weight excluding hydrogens is 759 g/mol. The molecule has 1 nitrogen and oxygen atoms in total. The fraction of sp³-hybridized carbons (Fsp3) is 0.0323. The Kier molecular flexibility index (Phi) is 8.69. The van der Waals surface area contributed by atoms with E-state index in [0.717, 1.165) is 17.1 Å². The molecule has 0 aromatic heterocycles. The quantitative estimate of drug-likeness (QED) is 0.148. The van der Waals surface area contributed by atoms with Gasteiger partial charge in [0.1, 0.15) is 0 Å². The second kappa shape index (κ2) is 14.9. The summed E-state index contributed by atoms with van der Waals surface area (Å²) in [5.41, 5.74) is 19.7. The van der Waals surface area contributed by atoms with Crippen molar-refractivity contribution in [1.29, 1.82) is 0 Å². The number of para-hydroxylation sites is 1. The van der Waals surface area contributed by atoms with Gasteiger partial charge in [0.15, 0.2) is 0 Å². The number of anilines is 3. The molecule has 0 N–H and O–H groups in total. The van der Waals surface area contributed by atoms with Crippen LogP contribution in [-0.4, -0.2) is 0 Å². The lowest BCUT2D eigenvalue weighted by molar-refractivity contribution is 0.768. The first-order valence-corrected chi connectivity index (χ1v) is 21.9. The summed E-state index contributed by atoms with van der Waals surface area (Å²) in [5, 5.41) is 0. The minimum atomic E-state index is -0.546. The smallest absolute Gasteiger partial charge is 0.0714 e. The fourth-order valence-corrected chi connectivity index (χ4v) is 11.2. The summed E-state index contributed by atoms with van der Waals surface area (Å²) in [6.07, 6.45) is 0. The average molecular weight is 802 g/mol. The Labute approximate surface area is 369 Å². The van der Waals surface area contributed by atoms with E-state index in [1.165, 1.54) is 77.9 Å². The van der Waals surface area contributed by atoms with E-state index in [0.29, 0.717) is 0 Å². The third kappa shape index (κ3) is 5.36. The van der Waals surface area contributed by atoms with E-state index in [1.807, 2.05) is 0 Å². The molecule has 0 heterocycles. The second-order valence-corrected chi connectivity index (χ2v) is 16.7. The third-order valence-electron chi connectivity index (χ3n) is 13.6. The van der Waals surface area contributed by atoms with E-state index in [-0.39, 0.29) is 0 Å². The van der Waals surface area contributed by atoms with Crippen LogP contribution in [0.2, 0.25) is 0 Å². The number of benzene rings is 10. The van der Waals surface area contributed by atoms with Crippen LogP contribution in [0.3, 0.4) is 0 Å². The van der Waals surface area contributed by atoms with Gasteiger partial charge in [0.25, 0.3) is 0 Å². The van der Waals surface area contributed by atoms with Crippen LogP contribution in [0, 0.1) is 0 Å². The predicted molar refractivity (Wildman–Crippen MR) is 261 cm³/mol. The van der Waals surface area contributed by atoms with Crippen LogP contribution in [0.5, 0.6) is 0 Å². The second-order valence-electron chi connectivity index (χ2n) is 16.7. The lowest BCUT2D eigenvalue weighted by atomic mass is 9.67. The van der Waals surface area contributed by atoms with E-state index < -0.39 is 10.8 Å². The molecular formula is C62H43N. The van der Waals surface area contributed by atoms with Gasteiger partial charge in [-0.05, 0) is 79.4 Å². The van der Waals surface area contributed by atoms with Gasteiger partial charge in [-0.2, -0.15) is 0 Å². The summed E-state index contributed by atoms with van der Waals surface area (Å²) >= 11 is 0. The number of hydrogen-bond donors (Lipinski definition) is 0. The lowest BCUT2D eigenvalue weighted by Crippen LogP contribution is -2.28. The van der Waals surface area contributed by atoms with E-state index in [9.17, 15) is 0 Å². The molecule has 296 valence electrons. The summed E-state index contributed by atoms with van der Waals surface area (Å²) < 4.78 is 0. The van der Waals surface area contributed by atoms with Crippen LogP contribution < -0.4 is 4.90 Å². The molecule has 0 atom stereocenters. The van der Waals surface area contributed by atoms with E-state index in [2.05, 4.69) is 266 Å². The van der Waals surface area contributed by atoms with Crippen LogP contribution in [0.1, 0.15) is 44.5 Å². The normalized spacial score (nSPS) is 13.7. The summed E-state index contributed by atoms with van der Waals surface area (Å²) in [7, 11) is 0. The zero-order valence-electron chi connectivity index (χ0n) is 34.8. The van der Waals surface area contributed by atoms with Gasteiger partial charge in [-0.1, -0.05) is 243 Å². The van der Waals surface area contributed by atoms with Gasteiger partial charge in [0.05, 0.1) is 27.9 Å². The van der Waals surface area contributed by atoms with Crippen molar-refractivity contribution in [3.63, 3.8) is 0 Å². The molecule has 0 radical (unpaired) electrons. The third-order valence-corrected chi connectivity index (χ3v) is 13.6. The molecule has 2 aliphatic carbocycles. The van der Waals surface area contributed by atoms with Gasteiger partial charge < -0.3 is 4.90 Å². The van der Waals surface area contributed by atoms with E-state index in [4.69, 9.17) is 0 Å². The van der Waals surface area contributed by atoms with Crippen LogP contribution in [0.15, 0.2) is 261 Å². The summed E-state index contributed by atoms with van der Waals surface area (Å²) in [6.45, 7) is 0. The van der Waals surface area contributed by atoms with Crippen LogP contribution in [0.4, 0.5) is 17.1 Å². The molecule has 2 aliphatic rings. The molecule has 0 saturated carbocycles. The minimum Gasteiger partial charge on any atom is -0.309 e. The summed E-state index contributed by atoms with van der Waals surface area (Å²) in [5.74, 6) is 0. The molecule has 10 aromatic rings. The number of rotatable bonds is 8. The van der Waals surface area contributed by atoms with E-state index in [1.54, 1.807) is 0 Å². The first-order valence-electron chi connectivity index (χ1n) is 21.9. The molecule has 0 saturated heterocycles. The molecule has 0 fully saturated rings. The highest BCUT2D eigenvalue weighted by Gasteiger charge is 2.49. The van der Waals surface area contributed by atoms with Gasteiger partial charge in [-0.25, -0.2) is 0 Å². The van der Waals surface area contributed by atoms with Crippen molar-refractivity contribution < 1.29 is 0 Å². The largest absolute Gasteiger partial charge is 0.309 e. The molecule has 10 aromatic carbocycles. The Morgan fingerprint density at radius 1 is 0.222 bits per heavy atom. The molecule has 12 rings (SSSR count). The Morgan fingerprint density at radius 3 is 0.937 bits per heavy atom. The molecule has 1 heteroatoms. The maximum atomic E-state index is 2.59. The van der Waals surface area contributed by atoms with Crippen molar-refractivity contribution >= 4 is 17.1 Å².